The van der Waals surface area contributed by atoms with Gasteiger partial charge in [-0.1, -0.05) is 32.1 Å². The Hall–Kier alpha value is -1.10. The van der Waals surface area contributed by atoms with Gasteiger partial charge in [-0.25, -0.2) is 13.1 Å². The molecule has 1 aromatic heterocycles. The quantitative estimate of drug-likeness (QED) is 0.516. The van der Waals surface area contributed by atoms with E-state index >= 15 is 0 Å². The van der Waals surface area contributed by atoms with Crippen LogP contribution in [-0.2, 0) is 14.8 Å². The van der Waals surface area contributed by atoms with E-state index in [0.29, 0.717) is 6.54 Å². The summed E-state index contributed by atoms with van der Waals surface area (Å²) in [5, 5.41) is 10.1. The molecule has 2 N–H and O–H groups in total. The second-order valence-electron chi connectivity index (χ2n) is 6.79. The van der Waals surface area contributed by atoms with E-state index in [-0.39, 0.29) is 21.3 Å². The molecule has 1 fully saturated rings. The normalized spacial score (nSPS) is 17.1. The Balaban J connectivity index is 1.77. The molecule has 1 aliphatic heterocycles. The Kier molecular flexibility index (Phi) is 7.29. The van der Waals surface area contributed by atoms with Gasteiger partial charge in [-0.05, 0) is 44.8 Å². The maximum atomic E-state index is 12.2. The van der Waals surface area contributed by atoms with Crippen LogP contribution in [0, 0.1) is 11.8 Å². The van der Waals surface area contributed by atoms with E-state index < -0.39 is 10.0 Å². The van der Waals surface area contributed by atoms with Crippen LogP contribution in [0.4, 0.5) is 5.13 Å². The average Bonchev–Trinajstić information content (AvgIpc) is 3.02. The summed E-state index contributed by atoms with van der Waals surface area (Å²) < 4.78 is 26.9. The lowest BCUT2D eigenvalue weighted by Crippen LogP contribution is -2.35. The molecule has 0 bridgehead atoms. The lowest BCUT2D eigenvalue weighted by Gasteiger charge is -2.30. The molecule has 0 radical (unpaired) electrons. The highest BCUT2D eigenvalue weighted by molar-refractivity contribution is 7.91. The average molecular weight is 390 g/mol. The molecule has 8 nitrogen and oxygen atoms in total. The topological polar surface area (TPSA) is 104 Å². The van der Waals surface area contributed by atoms with Crippen molar-refractivity contribution >= 4 is 32.4 Å². The molecule has 0 aromatic carbocycles. The highest BCUT2D eigenvalue weighted by atomic mass is 32.2. The number of hydrogen-bond acceptors (Lipinski definition) is 7. The maximum absolute atomic E-state index is 12.2. The smallest absolute Gasteiger partial charge is 0.269 e. The van der Waals surface area contributed by atoms with Crippen LogP contribution in [-0.4, -0.2) is 55.6 Å². The SMILES string of the molecule is CC1CCN(CCCNS(=O)(=O)c2nnc(NC(=O)C(C)C)s2)CC1. The van der Waals surface area contributed by atoms with Crippen LogP contribution in [0.5, 0.6) is 0 Å². The third kappa shape index (κ3) is 6.28. The third-order valence-electron chi connectivity index (χ3n) is 4.21. The first-order valence-electron chi connectivity index (χ1n) is 8.64. The molecule has 1 saturated heterocycles. The van der Waals surface area contributed by atoms with E-state index in [0.717, 1.165) is 43.3 Å². The van der Waals surface area contributed by atoms with Gasteiger partial charge < -0.3 is 10.2 Å². The minimum Gasteiger partial charge on any atom is -0.303 e. The van der Waals surface area contributed by atoms with Crippen molar-refractivity contribution in [3.63, 3.8) is 0 Å². The summed E-state index contributed by atoms with van der Waals surface area (Å²) in [5.74, 6) is 0.362. The Labute approximate surface area is 153 Å². The van der Waals surface area contributed by atoms with E-state index in [9.17, 15) is 13.2 Å². The maximum Gasteiger partial charge on any atom is 0.269 e. The van der Waals surface area contributed by atoms with Gasteiger partial charge in [-0.15, -0.1) is 10.2 Å². The van der Waals surface area contributed by atoms with Crippen molar-refractivity contribution in [3.8, 4) is 0 Å². The summed E-state index contributed by atoms with van der Waals surface area (Å²) in [4.78, 5) is 14.0. The summed E-state index contributed by atoms with van der Waals surface area (Å²) in [6.45, 7) is 9.19. The molecule has 2 heterocycles. The summed E-state index contributed by atoms with van der Waals surface area (Å²) >= 11 is 0.857. The fourth-order valence-electron chi connectivity index (χ4n) is 2.48. The first-order valence-corrected chi connectivity index (χ1v) is 10.9. The summed E-state index contributed by atoms with van der Waals surface area (Å²) in [6.07, 6.45) is 3.17. The molecule has 2 rings (SSSR count). The Morgan fingerprint density at radius 1 is 1.32 bits per heavy atom. The number of anilines is 1. The number of nitrogens with one attached hydrogen (secondary N) is 2. The third-order valence-corrected chi connectivity index (χ3v) is 6.88. The van der Waals surface area contributed by atoms with E-state index in [1.807, 2.05) is 0 Å². The van der Waals surface area contributed by atoms with Gasteiger partial charge in [0.2, 0.25) is 15.4 Å². The zero-order valence-electron chi connectivity index (χ0n) is 15.0. The molecular formula is C15H27N5O3S2. The van der Waals surface area contributed by atoms with Crippen molar-refractivity contribution in [1.29, 1.82) is 0 Å². The second-order valence-corrected chi connectivity index (χ2v) is 9.71. The van der Waals surface area contributed by atoms with Crippen LogP contribution in [0.2, 0.25) is 0 Å². The highest BCUT2D eigenvalue weighted by Crippen LogP contribution is 2.20. The van der Waals surface area contributed by atoms with Crippen molar-refractivity contribution in [3.05, 3.63) is 0 Å². The van der Waals surface area contributed by atoms with Gasteiger partial charge in [-0.3, -0.25) is 4.79 Å². The molecule has 0 atom stereocenters. The standard InChI is InChI=1S/C15H27N5O3S2/c1-11(2)13(21)17-14-18-19-15(24-14)25(22,23)16-7-4-8-20-9-5-12(3)6-10-20/h11-12,16H,4-10H2,1-3H3,(H,17,18,21). The van der Waals surface area contributed by atoms with Gasteiger partial charge in [0.15, 0.2) is 0 Å². The molecule has 0 saturated carbocycles. The number of rotatable bonds is 8. The van der Waals surface area contributed by atoms with Crippen LogP contribution < -0.4 is 10.0 Å². The monoisotopic (exact) mass is 389 g/mol. The van der Waals surface area contributed by atoms with Crippen molar-refractivity contribution in [1.82, 2.24) is 19.8 Å². The Morgan fingerprint density at radius 3 is 2.64 bits per heavy atom. The summed E-state index contributed by atoms with van der Waals surface area (Å²) in [5.41, 5.74) is 0. The predicted octanol–water partition coefficient (Wildman–Crippen LogP) is 1.53. The molecule has 25 heavy (non-hydrogen) atoms. The molecule has 0 unspecified atom stereocenters. The molecule has 10 heteroatoms. The summed E-state index contributed by atoms with van der Waals surface area (Å²) in [6, 6.07) is 0. The van der Waals surface area contributed by atoms with Crippen molar-refractivity contribution in [2.24, 2.45) is 11.8 Å². The van der Waals surface area contributed by atoms with Crippen LogP contribution in [0.15, 0.2) is 4.34 Å². The van der Waals surface area contributed by atoms with E-state index in [4.69, 9.17) is 0 Å². The second kappa shape index (κ2) is 9.02. The van der Waals surface area contributed by atoms with Crippen molar-refractivity contribution < 1.29 is 13.2 Å². The van der Waals surface area contributed by atoms with Gasteiger partial charge in [0.1, 0.15) is 0 Å². The van der Waals surface area contributed by atoms with Crippen LogP contribution in [0.25, 0.3) is 0 Å². The largest absolute Gasteiger partial charge is 0.303 e. The van der Waals surface area contributed by atoms with Crippen molar-refractivity contribution in [2.75, 3.05) is 31.5 Å². The van der Waals surface area contributed by atoms with Gasteiger partial charge in [-0.2, -0.15) is 0 Å². The zero-order chi connectivity index (χ0) is 18.4. The first-order chi connectivity index (χ1) is 11.8. The first kappa shape index (κ1) is 20.2. The number of sulfonamides is 1. The number of likely N-dealkylation sites (tertiary alicyclic amines) is 1. The minimum atomic E-state index is -3.68. The number of hydrogen-bond donors (Lipinski definition) is 2. The number of piperidine rings is 1. The minimum absolute atomic E-state index is 0.127. The number of nitrogens with zero attached hydrogens (tertiary/aromatic N) is 3. The number of aromatic nitrogens is 2. The van der Waals surface area contributed by atoms with Gasteiger partial charge in [0.25, 0.3) is 10.0 Å². The lowest BCUT2D eigenvalue weighted by molar-refractivity contribution is -0.118. The Morgan fingerprint density at radius 2 is 2.00 bits per heavy atom. The summed E-state index contributed by atoms with van der Waals surface area (Å²) in [7, 11) is -3.68. The number of amides is 1. The van der Waals surface area contributed by atoms with E-state index in [1.54, 1.807) is 13.8 Å². The molecule has 0 aliphatic carbocycles. The molecule has 1 aromatic rings. The number of carbonyl (C=O) groups is 1. The van der Waals surface area contributed by atoms with E-state index in [2.05, 4.69) is 32.1 Å². The number of carbonyl (C=O) groups excluding carboxylic acids is 1. The molecule has 1 amide bonds. The molecule has 142 valence electrons. The molecule has 1 aliphatic rings. The van der Waals surface area contributed by atoms with E-state index in [1.165, 1.54) is 12.8 Å². The van der Waals surface area contributed by atoms with Gasteiger partial charge >= 0.3 is 0 Å². The molecular weight excluding hydrogens is 362 g/mol. The van der Waals surface area contributed by atoms with Crippen LogP contribution in [0.3, 0.4) is 0 Å². The molecule has 0 spiro atoms. The zero-order valence-corrected chi connectivity index (χ0v) is 16.6. The van der Waals surface area contributed by atoms with Crippen LogP contribution >= 0.6 is 11.3 Å². The van der Waals surface area contributed by atoms with Crippen LogP contribution in [0.1, 0.15) is 40.0 Å². The van der Waals surface area contributed by atoms with Gasteiger partial charge in [0, 0.05) is 12.5 Å². The van der Waals surface area contributed by atoms with Crippen molar-refractivity contribution in [2.45, 2.75) is 44.4 Å². The Bertz CT molecular complexity index is 666. The van der Waals surface area contributed by atoms with Gasteiger partial charge in [0.05, 0.1) is 0 Å². The fraction of sp³-hybridized carbons (Fsp3) is 0.800. The predicted molar refractivity (Wildman–Crippen MR) is 98.0 cm³/mol. The lowest BCUT2D eigenvalue weighted by atomic mass is 9.99. The highest BCUT2D eigenvalue weighted by Gasteiger charge is 2.21. The fourth-order valence-corrected chi connectivity index (χ4v) is 4.49.